The average Bonchev–Trinajstić information content (AvgIpc) is 2.93. The van der Waals surface area contributed by atoms with Crippen molar-refractivity contribution in [1.82, 2.24) is 15.1 Å². The number of hydrogen-bond donors (Lipinski definition) is 0. The second-order valence-electron chi connectivity index (χ2n) is 4.14. The van der Waals surface area contributed by atoms with Gasteiger partial charge in [0.15, 0.2) is 0 Å². The van der Waals surface area contributed by atoms with Gasteiger partial charge < -0.3 is 9.32 Å². The Morgan fingerprint density at radius 1 is 1.45 bits per heavy atom. The quantitative estimate of drug-likeness (QED) is 0.798. The molecule has 1 heterocycles. The van der Waals surface area contributed by atoms with Crippen LogP contribution in [0.25, 0.3) is 11.5 Å². The Morgan fingerprint density at radius 2 is 2.25 bits per heavy atom. The monoisotopic (exact) mass is 288 g/mol. The van der Waals surface area contributed by atoms with Gasteiger partial charge in [-0.05, 0) is 18.2 Å². The number of amides is 1. The van der Waals surface area contributed by atoms with E-state index < -0.39 is 0 Å². The number of aromatic nitrogens is 2. The van der Waals surface area contributed by atoms with Crippen molar-refractivity contribution in [1.29, 1.82) is 5.26 Å². The fourth-order valence-corrected chi connectivity index (χ4v) is 2.10. The molecule has 0 fully saturated rings. The van der Waals surface area contributed by atoms with Crippen molar-refractivity contribution in [3.63, 3.8) is 0 Å². The van der Waals surface area contributed by atoms with E-state index in [0.29, 0.717) is 22.2 Å². The second kappa shape index (κ2) is 6.21. The molecule has 2 aromatic rings. The largest absolute Gasteiger partial charge is 0.411 e. The van der Waals surface area contributed by atoms with Gasteiger partial charge in [-0.25, -0.2) is 0 Å². The molecule has 0 radical (unpaired) electrons. The fourth-order valence-electron chi connectivity index (χ4n) is 1.36. The van der Waals surface area contributed by atoms with Crippen LogP contribution in [0.4, 0.5) is 0 Å². The van der Waals surface area contributed by atoms with E-state index in [4.69, 9.17) is 9.68 Å². The van der Waals surface area contributed by atoms with E-state index in [1.54, 1.807) is 38.4 Å². The van der Waals surface area contributed by atoms with Crippen LogP contribution in [0.5, 0.6) is 0 Å². The minimum atomic E-state index is -0.0266. The van der Waals surface area contributed by atoms with E-state index >= 15 is 0 Å². The summed E-state index contributed by atoms with van der Waals surface area (Å²) in [6.45, 7) is 0. The Morgan fingerprint density at radius 3 is 2.95 bits per heavy atom. The maximum atomic E-state index is 11.5. The zero-order valence-electron chi connectivity index (χ0n) is 11.0. The van der Waals surface area contributed by atoms with Crippen molar-refractivity contribution in [2.75, 3.05) is 19.8 Å². The third-order valence-electron chi connectivity index (χ3n) is 2.46. The summed E-state index contributed by atoms with van der Waals surface area (Å²) < 4.78 is 5.46. The summed E-state index contributed by atoms with van der Waals surface area (Å²) in [6.07, 6.45) is 0. The Kier molecular flexibility index (Phi) is 4.38. The van der Waals surface area contributed by atoms with Crippen LogP contribution >= 0.6 is 11.8 Å². The maximum Gasteiger partial charge on any atom is 0.277 e. The number of benzene rings is 1. The third-order valence-corrected chi connectivity index (χ3v) is 3.27. The number of nitrogens with zero attached hydrogens (tertiary/aromatic N) is 4. The van der Waals surface area contributed by atoms with Gasteiger partial charge in [0.25, 0.3) is 5.22 Å². The van der Waals surface area contributed by atoms with Crippen LogP contribution in [0.15, 0.2) is 33.9 Å². The summed E-state index contributed by atoms with van der Waals surface area (Å²) in [6, 6.07) is 8.96. The highest BCUT2D eigenvalue weighted by atomic mass is 32.2. The number of rotatable bonds is 4. The predicted octanol–water partition coefficient (Wildman–Crippen LogP) is 1.79. The molecule has 1 amide bonds. The Bertz CT molecular complexity index is 660. The number of thioether (sulfide) groups is 1. The molecule has 2 rings (SSSR count). The number of nitriles is 1. The fraction of sp³-hybridized carbons (Fsp3) is 0.231. The van der Waals surface area contributed by atoms with Crippen LogP contribution in [0, 0.1) is 11.3 Å². The third kappa shape index (κ3) is 3.36. The molecule has 1 aromatic carbocycles. The summed E-state index contributed by atoms with van der Waals surface area (Å²) in [5, 5.41) is 17.0. The maximum absolute atomic E-state index is 11.5. The molecule has 0 atom stereocenters. The topological polar surface area (TPSA) is 83.0 Å². The molecule has 1 aromatic heterocycles. The molecule has 7 heteroatoms. The first kappa shape index (κ1) is 14.1. The predicted molar refractivity (Wildman–Crippen MR) is 73.9 cm³/mol. The Labute approximate surface area is 120 Å². The van der Waals surface area contributed by atoms with Crippen molar-refractivity contribution in [3.8, 4) is 17.5 Å². The van der Waals surface area contributed by atoms with Gasteiger partial charge in [-0.3, -0.25) is 4.79 Å². The minimum Gasteiger partial charge on any atom is -0.411 e. The molecule has 0 unspecified atom stereocenters. The van der Waals surface area contributed by atoms with E-state index in [1.165, 1.54) is 16.7 Å². The molecule has 0 aliphatic carbocycles. The van der Waals surface area contributed by atoms with Crippen LogP contribution in [0.1, 0.15) is 5.56 Å². The summed E-state index contributed by atoms with van der Waals surface area (Å²) in [7, 11) is 3.38. The number of hydrogen-bond acceptors (Lipinski definition) is 6. The summed E-state index contributed by atoms with van der Waals surface area (Å²) in [5.41, 5.74) is 1.21. The van der Waals surface area contributed by atoms with Gasteiger partial charge in [-0.2, -0.15) is 5.26 Å². The Hall–Kier alpha value is -2.33. The first-order chi connectivity index (χ1) is 9.60. The zero-order chi connectivity index (χ0) is 14.5. The van der Waals surface area contributed by atoms with Crippen molar-refractivity contribution in [3.05, 3.63) is 29.8 Å². The molecule has 0 spiro atoms. The van der Waals surface area contributed by atoms with Gasteiger partial charge in [-0.15, -0.1) is 10.2 Å². The molecule has 6 nitrogen and oxygen atoms in total. The van der Waals surface area contributed by atoms with Crippen LogP contribution in [0.2, 0.25) is 0 Å². The molecular weight excluding hydrogens is 276 g/mol. The van der Waals surface area contributed by atoms with Gasteiger partial charge in [0.2, 0.25) is 11.8 Å². The molecular formula is C13H12N4O2S. The number of carbonyl (C=O) groups excluding carboxylic acids is 1. The summed E-state index contributed by atoms with van der Waals surface area (Å²) in [4.78, 5) is 13.0. The summed E-state index contributed by atoms with van der Waals surface area (Å²) >= 11 is 1.19. The highest BCUT2D eigenvalue weighted by Crippen LogP contribution is 2.23. The summed E-state index contributed by atoms with van der Waals surface area (Å²) in [5.74, 6) is 0.551. The van der Waals surface area contributed by atoms with Crippen molar-refractivity contribution in [2.24, 2.45) is 0 Å². The average molecular weight is 288 g/mol. The first-order valence-corrected chi connectivity index (χ1v) is 6.75. The molecule has 0 aliphatic rings. The lowest BCUT2D eigenvalue weighted by molar-refractivity contribution is -0.125. The second-order valence-corrected chi connectivity index (χ2v) is 5.07. The van der Waals surface area contributed by atoms with Crippen LogP contribution in [-0.2, 0) is 4.79 Å². The first-order valence-electron chi connectivity index (χ1n) is 5.77. The molecule has 0 bridgehead atoms. The van der Waals surface area contributed by atoms with E-state index in [0.717, 1.165) is 0 Å². The SMILES string of the molecule is CN(C)C(=O)CSc1nnc(-c2cccc(C#N)c2)o1. The zero-order valence-corrected chi connectivity index (χ0v) is 11.8. The standard InChI is InChI=1S/C13H12N4O2S/c1-17(2)11(18)8-20-13-16-15-12(19-13)10-5-3-4-9(6-10)7-14/h3-6H,8H2,1-2H3. The molecule has 102 valence electrons. The highest BCUT2D eigenvalue weighted by Gasteiger charge is 2.12. The van der Waals surface area contributed by atoms with Gasteiger partial charge in [0.05, 0.1) is 17.4 Å². The van der Waals surface area contributed by atoms with Crippen LogP contribution in [0.3, 0.4) is 0 Å². The Balaban J connectivity index is 2.09. The van der Waals surface area contributed by atoms with Crippen molar-refractivity contribution in [2.45, 2.75) is 5.22 Å². The normalized spacial score (nSPS) is 10.1. The molecule has 0 saturated heterocycles. The minimum absolute atomic E-state index is 0.0266. The van der Waals surface area contributed by atoms with Crippen molar-refractivity contribution >= 4 is 17.7 Å². The highest BCUT2D eigenvalue weighted by molar-refractivity contribution is 7.99. The lowest BCUT2D eigenvalue weighted by Crippen LogP contribution is -2.23. The number of carbonyl (C=O) groups is 1. The lowest BCUT2D eigenvalue weighted by Gasteiger charge is -2.07. The van der Waals surface area contributed by atoms with Gasteiger partial charge in [0.1, 0.15) is 0 Å². The molecule has 0 aliphatic heterocycles. The smallest absolute Gasteiger partial charge is 0.277 e. The lowest BCUT2D eigenvalue weighted by atomic mass is 10.1. The molecule has 0 saturated carbocycles. The van der Waals surface area contributed by atoms with E-state index in [1.807, 2.05) is 0 Å². The van der Waals surface area contributed by atoms with Gasteiger partial charge >= 0.3 is 0 Å². The van der Waals surface area contributed by atoms with E-state index in [9.17, 15) is 4.79 Å². The van der Waals surface area contributed by atoms with Crippen molar-refractivity contribution < 1.29 is 9.21 Å². The molecule has 0 N–H and O–H groups in total. The van der Waals surface area contributed by atoms with E-state index in [2.05, 4.69) is 16.3 Å². The van der Waals surface area contributed by atoms with Crippen LogP contribution < -0.4 is 0 Å². The van der Waals surface area contributed by atoms with Gasteiger partial charge in [-0.1, -0.05) is 17.8 Å². The van der Waals surface area contributed by atoms with Crippen LogP contribution in [-0.4, -0.2) is 40.9 Å². The van der Waals surface area contributed by atoms with Gasteiger partial charge in [0, 0.05) is 19.7 Å². The molecule has 20 heavy (non-hydrogen) atoms. The van der Waals surface area contributed by atoms with E-state index in [-0.39, 0.29) is 11.7 Å².